The molecule has 3 saturated carbocycles. The number of ether oxygens (including phenoxy) is 10. The summed E-state index contributed by atoms with van der Waals surface area (Å²) in [7, 11) is -4.89. The van der Waals surface area contributed by atoms with Gasteiger partial charge in [0, 0.05) is 6.42 Å². The number of aliphatic hydroxyl groups is 13. The van der Waals surface area contributed by atoms with Gasteiger partial charge in [-0.3, -0.25) is 9.35 Å². The highest BCUT2D eigenvalue weighted by Crippen LogP contribution is 2.67. The second kappa shape index (κ2) is 26.0. The Balaban J connectivity index is 0.985. The van der Waals surface area contributed by atoms with Crippen LogP contribution in [-0.4, -0.2) is 264 Å². The van der Waals surface area contributed by atoms with Gasteiger partial charge in [0.25, 0.3) is 0 Å². The summed E-state index contributed by atoms with van der Waals surface area (Å²) in [6, 6.07) is 0. The Bertz CT molecular complexity index is 2480. The van der Waals surface area contributed by atoms with E-state index >= 15 is 0 Å². The van der Waals surface area contributed by atoms with Crippen LogP contribution in [0.15, 0.2) is 23.3 Å². The number of fused-ring (bicyclic) bond motifs is 5. The Morgan fingerprint density at radius 3 is 1.78 bits per heavy atom. The molecule has 0 aromatic carbocycles. The molecule has 28 nitrogen and oxygen atoms in total. The van der Waals surface area contributed by atoms with Gasteiger partial charge in [-0.2, -0.15) is 8.42 Å². The van der Waals surface area contributed by atoms with E-state index in [2.05, 4.69) is 19.9 Å². The molecule has 8 fully saturated rings. The molecule has 85 heavy (non-hydrogen) atoms. The lowest BCUT2D eigenvalue weighted by Gasteiger charge is -2.60. The smallest absolute Gasteiger partial charge is 0.394 e. The lowest BCUT2D eigenvalue weighted by molar-refractivity contribution is -0.398. The van der Waals surface area contributed by atoms with Crippen molar-refractivity contribution in [3.8, 4) is 0 Å². The second-order valence-corrected chi connectivity index (χ2v) is 27.3. The van der Waals surface area contributed by atoms with E-state index in [1.807, 2.05) is 13.8 Å². The van der Waals surface area contributed by atoms with Crippen LogP contribution in [0, 0.1) is 34.5 Å². The van der Waals surface area contributed by atoms with Crippen LogP contribution in [0.4, 0.5) is 0 Å². The average Bonchev–Trinajstić information content (AvgIpc) is 1.71. The molecule has 0 radical (unpaired) electrons. The molecule has 0 amide bonds. The molecule has 5 saturated heterocycles. The summed E-state index contributed by atoms with van der Waals surface area (Å²) in [5, 5.41) is 145. The summed E-state index contributed by atoms with van der Waals surface area (Å²) >= 11 is 0. The van der Waals surface area contributed by atoms with E-state index in [9.17, 15) is 84.1 Å². The van der Waals surface area contributed by atoms with E-state index in [1.54, 1.807) is 6.92 Å². The fourth-order valence-electron chi connectivity index (χ4n) is 15.6. The summed E-state index contributed by atoms with van der Waals surface area (Å²) in [4.78, 5) is 13.1. The zero-order valence-electron chi connectivity index (χ0n) is 48.9. The molecule has 0 aromatic rings. The molecule has 0 spiro atoms. The normalized spacial score (nSPS) is 51.1. The first kappa shape index (κ1) is 67.5. The van der Waals surface area contributed by atoms with Crippen molar-refractivity contribution < 1.29 is 136 Å². The predicted octanol–water partition coefficient (Wildman–Crippen LogP) is -2.76. The van der Waals surface area contributed by atoms with Crippen LogP contribution in [0.3, 0.4) is 0 Å². The number of hydrogen-bond acceptors (Lipinski definition) is 27. The van der Waals surface area contributed by atoms with Crippen LogP contribution < -0.4 is 0 Å². The van der Waals surface area contributed by atoms with Crippen molar-refractivity contribution in [2.24, 2.45) is 34.5 Å². The number of carbonyl (C=O) groups excluding carboxylic acids is 1. The number of hydrogen-bond donors (Lipinski definition) is 14. The summed E-state index contributed by atoms with van der Waals surface area (Å²) < 4.78 is 100. The van der Waals surface area contributed by atoms with Gasteiger partial charge in [-0.25, -0.2) is 4.18 Å². The molecule has 4 aliphatic carbocycles. The average molecular weight is 1240 g/mol. The first-order chi connectivity index (χ1) is 39.7. The van der Waals surface area contributed by atoms with Crippen LogP contribution in [-0.2, 0) is 66.7 Å². The molecule has 9 aliphatic rings. The van der Waals surface area contributed by atoms with Gasteiger partial charge in [0.2, 0.25) is 0 Å². The summed E-state index contributed by atoms with van der Waals surface area (Å²) in [5.41, 5.74) is -0.524. The van der Waals surface area contributed by atoms with E-state index in [0.717, 1.165) is 11.1 Å². The van der Waals surface area contributed by atoms with E-state index in [4.69, 9.17) is 51.6 Å². The Kier molecular flexibility index (Phi) is 20.6. The topological polar surface area (TPSA) is 436 Å². The Hall–Kier alpha value is -1.90. The van der Waals surface area contributed by atoms with Gasteiger partial charge in [-0.1, -0.05) is 31.1 Å². The standard InChI is InChI=1S/C56H90O28S/c1-21(2)15-25(58)18-56(8,70)34-10-9-28-27-17-31(30-16-26(84-85(71,72)73)11-13-54(30,6)29(27)12-14-55(28,34)7)78-51-45(69)46(37(61)24(5)77-51)81-52-47(82-49-43(67)40(64)35(59)22(3)75-49)39(63)33(20-74-52)80-53-48(42(66)38(62)32(19-57)79-53)83-50-44(68)41(65)36(60)23(4)76-50/h12,15,22-24,26-28,30-53,57,59-70H,9-11,13-14,16-20H2,1-8H3,(H,71,72,73)/t22-,23-,24-,26+,27+,28+,30-,31+,32-,33-,34+,35-,36-,37-,38+,39+,40+,41+,42+,43-,44-,45-,46+,47-,48-,49+,50+,51+,52+,53+,54-,55+,56+/m1/s1. The third kappa shape index (κ3) is 13.4. The Morgan fingerprint density at radius 1 is 0.647 bits per heavy atom. The largest absolute Gasteiger partial charge is 0.397 e. The van der Waals surface area contributed by atoms with Crippen molar-refractivity contribution >= 4 is 16.2 Å². The quantitative estimate of drug-likeness (QED) is 0.0399. The van der Waals surface area contributed by atoms with Gasteiger partial charge in [-0.05, 0) is 127 Å². The molecule has 488 valence electrons. The van der Waals surface area contributed by atoms with Crippen molar-refractivity contribution in [1.82, 2.24) is 0 Å². The maximum absolute atomic E-state index is 13.1. The minimum absolute atomic E-state index is 0.0200. The van der Waals surface area contributed by atoms with E-state index < -0.39 is 206 Å². The lowest BCUT2D eigenvalue weighted by Crippen LogP contribution is -2.67. The predicted molar refractivity (Wildman–Crippen MR) is 286 cm³/mol. The monoisotopic (exact) mass is 1240 g/mol. The van der Waals surface area contributed by atoms with Crippen LogP contribution in [0.2, 0.25) is 0 Å². The zero-order valence-corrected chi connectivity index (χ0v) is 49.7. The maximum Gasteiger partial charge on any atom is 0.397 e. The van der Waals surface area contributed by atoms with E-state index in [-0.39, 0.29) is 42.8 Å². The van der Waals surface area contributed by atoms with Crippen LogP contribution in [0.25, 0.3) is 0 Å². The van der Waals surface area contributed by atoms with Crippen molar-refractivity contribution in [2.75, 3.05) is 13.2 Å². The molecule has 0 unspecified atom stereocenters. The van der Waals surface area contributed by atoms with Crippen molar-refractivity contribution in [3.63, 3.8) is 0 Å². The van der Waals surface area contributed by atoms with Gasteiger partial charge < -0.3 is 114 Å². The van der Waals surface area contributed by atoms with Crippen molar-refractivity contribution in [2.45, 2.75) is 272 Å². The first-order valence-electron chi connectivity index (χ1n) is 29.6. The maximum atomic E-state index is 13.1. The summed E-state index contributed by atoms with van der Waals surface area (Å²) in [6.07, 6.45) is -36.1. The molecular weight excluding hydrogens is 1150 g/mol. The van der Waals surface area contributed by atoms with Crippen molar-refractivity contribution in [3.05, 3.63) is 23.3 Å². The van der Waals surface area contributed by atoms with E-state index in [0.29, 0.717) is 32.1 Å². The van der Waals surface area contributed by atoms with Gasteiger partial charge in [-0.15, -0.1) is 0 Å². The Labute approximate surface area is 493 Å². The molecule has 29 heteroatoms. The van der Waals surface area contributed by atoms with Gasteiger partial charge in [0.1, 0.15) is 97.7 Å². The molecule has 0 bridgehead atoms. The molecule has 0 aromatic heterocycles. The molecule has 14 N–H and O–H groups in total. The van der Waals surface area contributed by atoms with E-state index in [1.165, 1.54) is 26.8 Å². The molecule has 5 heterocycles. The zero-order chi connectivity index (χ0) is 62.3. The molecule has 9 rings (SSSR count). The summed E-state index contributed by atoms with van der Waals surface area (Å²) in [6.45, 7) is 12.2. The first-order valence-corrected chi connectivity index (χ1v) is 30.9. The third-order valence-corrected chi connectivity index (χ3v) is 20.6. The number of aliphatic hydroxyl groups excluding tert-OH is 12. The number of ketones is 1. The van der Waals surface area contributed by atoms with Crippen molar-refractivity contribution in [1.29, 1.82) is 0 Å². The fraction of sp³-hybridized carbons (Fsp3) is 0.911. The summed E-state index contributed by atoms with van der Waals surface area (Å²) in [5.74, 6) is -1.15. The minimum atomic E-state index is -4.89. The second-order valence-electron chi connectivity index (χ2n) is 26.2. The third-order valence-electron chi connectivity index (χ3n) is 20.1. The van der Waals surface area contributed by atoms with Crippen LogP contribution in [0.5, 0.6) is 0 Å². The number of carbonyl (C=O) groups is 1. The fourth-order valence-corrected chi connectivity index (χ4v) is 16.1. The molecular formula is C56H90O28S. The number of allylic oxidation sites excluding steroid dienone is 4. The highest BCUT2D eigenvalue weighted by atomic mass is 32.3. The molecule has 5 aliphatic heterocycles. The van der Waals surface area contributed by atoms with Gasteiger partial charge in [0.15, 0.2) is 37.2 Å². The number of rotatable bonds is 17. The van der Waals surface area contributed by atoms with Crippen LogP contribution >= 0.6 is 0 Å². The lowest BCUT2D eigenvalue weighted by atomic mass is 9.47. The highest BCUT2D eigenvalue weighted by Gasteiger charge is 2.64. The van der Waals surface area contributed by atoms with Crippen LogP contribution in [0.1, 0.15) is 107 Å². The van der Waals surface area contributed by atoms with Gasteiger partial charge in [0.05, 0.1) is 49.3 Å². The highest BCUT2D eigenvalue weighted by molar-refractivity contribution is 7.80. The van der Waals surface area contributed by atoms with Gasteiger partial charge >= 0.3 is 10.4 Å². The SMILES string of the molecule is CC(C)=CC(=O)C[C@](C)(O)[C@H]1CC[C@H]2[C@@H]3C[C@H](O[C@@H]4O[C@H](C)[C@@H](O)[C@H](O[C@@H]5OC[C@@H](O[C@@H]6O[C@H](CO)[C@H](O)[C@H](O)[C@H]6O[C@@H]6O[C@H](C)[C@@H](O)[C@H](O)[C@H]6O)[C@H](O)[C@H]5O[C@@H]5O[C@H](C)[C@@H](O)[C@H](O)[C@H]5O)[C@H]4O)[C@H]4C[C@@H](OS(=O)(=O)O)CC[C@]4(C)C3=CC[C@@]21C. The molecule has 33 atom stereocenters. The Morgan fingerprint density at radius 2 is 1.20 bits per heavy atom. The minimum Gasteiger partial charge on any atom is -0.394 e.